The van der Waals surface area contributed by atoms with Crippen molar-refractivity contribution < 1.29 is 14.3 Å². The summed E-state index contributed by atoms with van der Waals surface area (Å²) in [4.78, 5) is 5.83. The van der Waals surface area contributed by atoms with E-state index < -0.39 is 6.10 Å². The number of rotatable bonds is 10. The minimum Gasteiger partial charge on any atom is -0.491 e. The average Bonchev–Trinajstić information content (AvgIpc) is 3.43. The van der Waals surface area contributed by atoms with Gasteiger partial charge in [-0.05, 0) is 55.1 Å². The van der Waals surface area contributed by atoms with Gasteiger partial charge in [-0.25, -0.2) is 4.99 Å². The molecule has 0 aliphatic heterocycles. The zero-order valence-electron chi connectivity index (χ0n) is 17.4. The number of thiophene rings is 1. The van der Waals surface area contributed by atoms with Gasteiger partial charge in [0, 0.05) is 24.4 Å². The second-order valence-corrected chi connectivity index (χ2v) is 8.17. The summed E-state index contributed by atoms with van der Waals surface area (Å²) >= 11 is 1.67. The lowest BCUT2D eigenvalue weighted by Gasteiger charge is -2.17. The third-order valence-electron chi connectivity index (χ3n) is 4.29. The molecule has 0 bridgehead atoms. The van der Waals surface area contributed by atoms with Crippen LogP contribution in [0.25, 0.3) is 0 Å². The Morgan fingerprint density at radius 1 is 1.17 bits per heavy atom. The highest BCUT2D eigenvalue weighted by Gasteiger charge is 2.11. The molecule has 0 saturated carbocycles. The summed E-state index contributed by atoms with van der Waals surface area (Å²) in [6, 6.07) is 15.5. The molecular weight excluding hydrogens is 398 g/mol. The van der Waals surface area contributed by atoms with Crippen LogP contribution in [0, 0.1) is 0 Å². The lowest BCUT2D eigenvalue weighted by molar-refractivity contribution is 0.179. The van der Waals surface area contributed by atoms with E-state index in [-0.39, 0.29) is 6.10 Å². The summed E-state index contributed by atoms with van der Waals surface area (Å²) in [7, 11) is 0. The van der Waals surface area contributed by atoms with Crippen molar-refractivity contribution in [1.29, 1.82) is 0 Å². The molecule has 2 aromatic heterocycles. The zero-order chi connectivity index (χ0) is 21.2. The fraction of sp³-hybridized carbons (Fsp3) is 0.348. The van der Waals surface area contributed by atoms with Gasteiger partial charge in [0.05, 0.1) is 25.0 Å². The quantitative estimate of drug-likeness (QED) is 0.335. The maximum atomic E-state index is 10.6. The van der Waals surface area contributed by atoms with Crippen LogP contribution in [-0.2, 0) is 13.0 Å². The van der Waals surface area contributed by atoms with Crippen LogP contribution in [0.3, 0.4) is 0 Å². The summed E-state index contributed by atoms with van der Waals surface area (Å²) in [6.45, 7) is 5.56. The molecule has 0 spiro atoms. The predicted octanol–water partition coefficient (Wildman–Crippen LogP) is 4.14. The highest BCUT2D eigenvalue weighted by molar-refractivity contribution is 7.09. The Morgan fingerprint density at radius 3 is 2.80 bits per heavy atom. The first kappa shape index (κ1) is 21.9. The van der Waals surface area contributed by atoms with Crippen LogP contribution in [0.1, 0.15) is 36.2 Å². The largest absolute Gasteiger partial charge is 0.491 e. The van der Waals surface area contributed by atoms with Crippen molar-refractivity contribution in [2.75, 3.05) is 13.1 Å². The van der Waals surface area contributed by atoms with E-state index in [2.05, 4.69) is 21.7 Å². The van der Waals surface area contributed by atoms with Gasteiger partial charge in [0.1, 0.15) is 11.5 Å². The molecule has 2 heterocycles. The van der Waals surface area contributed by atoms with Gasteiger partial charge in [0.2, 0.25) is 0 Å². The van der Waals surface area contributed by atoms with Crippen LogP contribution >= 0.6 is 11.3 Å². The van der Waals surface area contributed by atoms with E-state index in [1.807, 2.05) is 61.7 Å². The third kappa shape index (κ3) is 7.24. The van der Waals surface area contributed by atoms with Crippen molar-refractivity contribution in [3.05, 3.63) is 76.4 Å². The number of aliphatic hydroxyl groups excluding tert-OH is 1. The van der Waals surface area contributed by atoms with E-state index in [0.717, 1.165) is 23.5 Å². The number of aliphatic hydroxyl groups is 1. The van der Waals surface area contributed by atoms with Crippen molar-refractivity contribution in [3.8, 4) is 5.75 Å². The number of hydrogen-bond donors (Lipinski definition) is 3. The SMILES string of the molecule is CC(C)Oc1cccc(C(O)CNC(=NCc2cccs2)NCCc2ccco2)c1. The summed E-state index contributed by atoms with van der Waals surface area (Å²) < 4.78 is 11.1. The Morgan fingerprint density at radius 2 is 2.07 bits per heavy atom. The first-order valence-corrected chi connectivity index (χ1v) is 11.0. The minimum absolute atomic E-state index is 0.0878. The van der Waals surface area contributed by atoms with Gasteiger partial charge in [0.15, 0.2) is 5.96 Å². The molecule has 7 heteroatoms. The Balaban J connectivity index is 1.57. The Hall–Kier alpha value is -2.77. The standard InChI is InChI=1S/C23H29N3O3S/c1-17(2)29-20-7-3-6-18(14-20)22(27)16-26-23(25-15-21-9-5-13-30-21)24-11-10-19-8-4-12-28-19/h3-9,12-14,17,22,27H,10-11,15-16H2,1-2H3,(H2,24,25,26). The minimum atomic E-state index is -0.681. The van der Waals surface area contributed by atoms with Gasteiger partial charge in [-0.3, -0.25) is 0 Å². The summed E-state index contributed by atoms with van der Waals surface area (Å²) in [6.07, 6.45) is 1.83. The maximum absolute atomic E-state index is 10.6. The van der Waals surface area contributed by atoms with E-state index in [4.69, 9.17) is 9.15 Å². The third-order valence-corrected chi connectivity index (χ3v) is 5.16. The molecule has 0 fully saturated rings. The van der Waals surface area contributed by atoms with Gasteiger partial charge < -0.3 is 24.9 Å². The second-order valence-electron chi connectivity index (χ2n) is 7.14. The molecule has 0 aliphatic carbocycles. The van der Waals surface area contributed by atoms with Crippen molar-refractivity contribution >= 4 is 17.3 Å². The van der Waals surface area contributed by atoms with Gasteiger partial charge in [-0.1, -0.05) is 18.2 Å². The molecule has 6 nitrogen and oxygen atoms in total. The van der Waals surface area contributed by atoms with Gasteiger partial charge in [-0.2, -0.15) is 0 Å². The number of benzene rings is 1. The normalized spacial score (nSPS) is 12.7. The van der Waals surface area contributed by atoms with Crippen LogP contribution in [0.5, 0.6) is 5.75 Å². The van der Waals surface area contributed by atoms with Crippen molar-refractivity contribution in [3.63, 3.8) is 0 Å². The van der Waals surface area contributed by atoms with Crippen molar-refractivity contribution in [2.24, 2.45) is 4.99 Å². The van der Waals surface area contributed by atoms with Crippen molar-refractivity contribution in [2.45, 2.75) is 39.0 Å². The first-order valence-electron chi connectivity index (χ1n) is 10.1. The molecule has 0 saturated heterocycles. The van der Waals surface area contributed by atoms with Gasteiger partial charge in [-0.15, -0.1) is 11.3 Å². The highest BCUT2D eigenvalue weighted by Crippen LogP contribution is 2.20. The van der Waals surface area contributed by atoms with Crippen LogP contribution in [-0.4, -0.2) is 30.3 Å². The lowest BCUT2D eigenvalue weighted by atomic mass is 10.1. The monoisotopic (exact) mass is 427 g/mol. The van der Waals surface area contributed by atoms with E-state index in [1.54, 1.807) is 17.6 Å². The van der Waals surface area contributed by atoms with E-state index >= 15 is 0 Å². The van der Waals surface area contributed by atoms with E-state index in [0.29, 0.717) is 25.6 Å². The molecule has 1 unspecified atom stereocenters. The van der Waals surface area contributed by atoms with E-state index in [9.17, 15) is 5.11 Å². The fourth-order valence-electron chi connectivity index (χ4n) is 2.87. The molecule has 0 amide bonds. The van der Waals surface area contributed by atoms with Gasteiger partial charge in [0.25, 0.3) is 0 Å². The number of furan rings is 1. The average molecular weight is 428 g/mol. The number of nitrogens with one attached hydrogen (secondary N) is 2. The van der Waals surface area contributed by atoms with Crippen LogP contribution in [0.15, 0.2) is 69.6 Å². The molecule has 160 valence electrons. The number of aliphatic imine (C=N–C) groups is 1. The predicted molar refractivity (Wildman–Crippen MR) is 121 cm³/mol. The van der Waals surface area contributed by atoms with Crippen LogP contribution in [0.2, 0.25) is 0 Å². The molecule has 1 atom stereocenters. The molecule has 1 aromatic carbocycles. The number of nitrogens with zero attached hydrogens (tertiary/aromatic N) is 1. The molecule has 0 aliphatic rings. The lowest BCUT2D eigenvalue weighted by Crippen LogP contribution is -2.40. The summed E-state index contributed by atoms with van der Waals surface area (Å²) in [5.74, 6) is 2.33. The van der Waals surface area contributed by atoms with E-state index in [1.165, 1.54) is 4.88 Å². The van der Waals surface area contributed by atoms with Crippen molar-refractivity contribution in [1.82, 2.24) is 10.6 Å². The van der Waals surface area contributed by atoms with Gasteiger partial charge >= 0.3 is 0 Å². The molecule has 3 aromatic rings. The maximum Gasteiger partial charge on any atom is 0.191 e. The Labute approximate surface area is 181 Å². The molecule has 30 heavy (non-hydrogen) atoms. The topological polar surface area (TPSA) is 79.0 Å². The molecule has 3 N–H and O–H groups in total. The molecular formula is C23H29N3O3S. The Kier molecular flexibility index (Phi) is 8.35. The molecule has 3 rings (SSSR count). The Bertz CT molecular complexity index is 892. The summed E-state index contributed by atoms with van der Waals surface area (Å²) in [5, 5.41) is 19.2. The fourth-order valence-corrected chi connectivity index (χ4v) is 3.50. The smallest absolute Gasteiger partial charge is 0.191 e. The number of hydrogen-bond acceptors (Lipinski definition) is 5. The first-order chi connectivity index (χ1) is 14.6. The number of guanidine groups is 1. The second kappa shape index (κ2) is 11.4. The zero-order valence-corrected chi connectivity index (χ0v) is 18.2. The molecule has 0 radical (unpaired) electrons. The highest BCUT2D eigenvalue weighted by atomic mass is 32.1. The number of ether oxygens (including phenoxy) is 1. The summed E-state index contributed by atoms with van der Waals surface area (Å²) in [5.41, 5.74) is 0.800. The van der Waals surface area contributed by atoms with Crippen LogP contribution < -0.4 is 15.4 Å². The van der Waals surface area contributed by atoms with Crippen LogP contribution in [0.4, 0.5) is 0 Å².